The van der Waals surface area contributed by atoms with Crippen molar-refractivity contribution in [1.29, 1.82) is 0 Å². The van der Waals surface area contributed by atoms with Crippen LogP contribution in [0, 0.1) is 12.3 Å². The number of hydrogen-bond donors (Lipinski definition) is 0. The topological polar surface area (TPSA) is 44.8 Å². The summed E-state index contributed by atoms with van der Waals surface area (Å²) < 4.78 is 26.7. The van der Waals surface area contributed by atoms with Crippen molar-refractivity contribution in [3.8, 4) is 12.3 Å². The lowest BCUT2D eigenvalue weighted by Gasteiger charge is -2.25. The van der Waals surface area contributed by atoms with E-state index >= 15 is 0 Å². The van der Waals surface area contributed by atoms with Crippen LogP contribution in [0.15, 0.2) is 12.7 Å². The summed E-state index contributed by atoms with van der Waals surface area (Å²) in [7, 11) is 0. The van der Waals surface area contributed by atoms with Crippen molar-refractivity contribution in [2.24, 2.45) is 0 Å². The first-order valence-electron chi connectivity index (χ1n) is 5.16. The molecule has 0 saturated heterocycles. The summed E-state index contributed by atoms with van der Waals surface area (Å²) >= 11 is 10.7. The van der Waals surface area contributed by atoms with Gasteiger partial charge in [-0.05, 0) is 36.3 Å². The van der Waals surface area contributed by atoms with Crippen molar-refractivity contribution in [2.45, 2.75) is 25.6 Å². The first-order valence-corrected chi connectivity index (χ1v) is 8.60. The zero-order valence-corrected chi connectivity index (χ0v) is 12.8. The Labute approximate surface area is 118 Å². The highest BCUT2D eigenvalue weighted by atomic mass is 35.9. The average molecular weight is 315 g/mol. The Morgan fingerprint density at radius 2 is 2.11 bits per heavy atom. The van der Waals surface area contributed by atoms with Gasteiger partial charge >= 0.3 is 6.07 Å². The van der Waals surface area contributed by atoms with Gasteiger partial charge in [0.15, 0.2) is 0 Å². The number of rotatable bonds is 9. The second-order valence-corrected chi connectivity index (χ2v) is 8.21. The minimum Gasteiger partial charge on any atom is -0.369 e. The fourth-order valence-electron chi connectivity index (χ4n) is 0.898. The van der Waals surface area contributed by atoms with Crippen LogP contribution in [0.4, 0.5) is 0 Å². The van der Waals surface area contributed by atoms with Crippen LogP contribution in [0.2, 0.25) is 0 Å². The molecule has 104 valence electrons. The Morgan fingerprint density at radius 1 is 1.50 bits per heavy atom. The summed E-state index contributed by atoms with van der Waals surface area (Å²) in [4.78, 5) is 0. The Hall–Kier alpha value is -0.0100. The van der Waals surface area contributed by atoms with Gasteiger partial charge in [-0.15, -0.1) is 13.0 Å². The molecule has 0 spiro atoms. The SMILES string of the molecule is C#CCOCC(COC(C)(C)C=C)OP(=O)(Cl)Cl. The predicted octanol–water partition coefficient (Wildman–Crippen LogP) is 3.59. The molecule has 1 atom stereocenters. The Balaban J connectivity index is 4.34. The standard InChI is InChI=1S/C11H17Cl2O4P/c1-5-7-15-8-10(17-18(12,13)14)9-16-11(3,4)6-2/h1,6,10H,2,7-9H2,3-4H3. The number of ether oxygens (including phenoxy) is 2. The molecule has 7 heteroatoms. The Morgan fingerprint density at radius 3 is 2.56 bits per heavy atom. The van der Waals surface area contributed by atoms with Crippen molar-refractivity contribution in [2.75, 3.05) is 19.8 Å². The van der Waals surface area contributed by atoms with Crippen molar-refractivity contribution in [1.82, 2.24) is 0 Å². The molecule has 0 bridgehead atoms. The van der Waals surface area contributed by atoms with E-state index in [2.05, 4.69) is 12.5 Å². The van der Waals surface area contributed by atoms with Gasteiger partial charge in [0.1, 0.15) is 12.7 Å². The quantitative estimate of drug-likeness (QED) is 0.282. The van der Waals surface area contributed by atoms with Crippen LogP contribution >= 0.6 is 28.6 Å². The maximum Gasteiger partial charge on any atom is 0.380 e. The van der Waals surface area contributed by atoms with Crippen LogP contribution < -0.4 is 0 Å². The molecule has 1 unspecified atom stereocenters. The fraction of sp³-hybridized carbons (Fsp3) is 0.636. The second kappa shape index (κ2) is 8.22. The average Bonchev–Trinajstić information content (AvgIpc) is 2.24. The molecular formula is C11H17Cl2O4P. The van der Waals surface area contributed by atoms with E-state index in [0.29, 0.717) is 0 Å². The zero-order valence-electron chi connectivity index (χ0n) is 10.4. The maximum absolute atomic E-state index is 11.2. The first kappa shape index (κ1) is 18.0. The van der Waals surface area contributed by atoms with Gasteiger partial charge in [0.2, 0.25) is 0 Å². The van der Waals surface area contributed by atoms with Gasteiger partial charge in [-0.3, -0.25) is 9.09 Å². The van der Waals surface area contributed by atoms with E-state index in [1.165, 1.54) is 0 Å². The van der Waals surface area contributed by atoms with Crippen molar-refractivity contribution < 1.29 is 18.6 Å². The van der Waals surface area contributed by atoms with Crippen LogP contribution in [0.1, 0.15) is 13.8 Å². The van der Waals surface area contributed by atoms with Gasteiger partial charge in [0.05, 0.1) is 18.8 Å². The molecule has 0 aromatic carbocycles. The molecule has 0 fully saturated rings. The summed E-state index contributed by atoms with van der Waals surface area (Å²) in [5, 5.41) is 0. The minimum atomic E-state index is -3.65. The molecule has 18 heavy (non-hydrogen) atoms. The highest BCUT2D eigenvalue weighted by Crippen LogP contribution is 2.58. The lowest BCUT2D eigenvalue weighted by Crippen LogP contribution is -2.30. The molecule has 0 aromatic heterocycles. The molecule has 0 amide bonds. The molecule has 4 nitrogen and oxygen atoms in total. The second-order valence-electron chi connectivity index (χ2n) is 3.98. The van der Waals surface area contributed by atoms with Gasteiger partial charge in [-0.2, -0.15) is 0 Å². The van der Waals surface area contributed by atoms with Gasteiger partial charge in [0.25, 0.3) is 0 Å². The first-order chi connectivity index (χ1) is 8.20. The van der Waals surface area contributed by atoms with Crippen LogP contribution in [0.5, 0.6) is 0 Å². The Bertz CT molecular complexity index is 345. The van der Waals surface area contributed by atoms with Gasteiger partial charge in [-0.25, -0.2) is 0 Å². The normalized spacial score (nSPS) is 13.9. The maximum atomic E-state index is 11.2. The third kappa shape index (κ3) is 9.96. The number of halogens is 2. The van der Waals surface area contributed by atoms with Gasteiger partial charge in [0, 0.05) is 0 Å². The van der Waals surface area contributed by atoms with E-state index in [0.717, 1.165) is 0 Å². The van der Waals surface area contributed by atoms with E-state index in [1.807, 2.05) is 13.8 Å². The third-order valence-corrected chi connectivity index (χ3v) is 2.92. The number of terminal acetylenes is 1. The van der Waals surface area contributed by atoms with E-state index in [9.17, 15) is 4.57 Å². The van der Waals surface area contributed by atoms with Crippen molar-refractivity contribution in [3.63, 3.8) is 0 Å². The van der Waals surface area contributed by atoms with E-state index < -0.39 is 17.8 Å². The van der Waals surface area contributed by atoms with Crippen molar-refractivity contribution in [3.05, 3.63) is 12.7 Å². The summed E-state index contributed by atoms with van der Waals surface area (Å²) in [5.74, 6) is 2.30. The molecule has 0 heterocycles. The minimum absolute atomic E-state index is 0.0842. The van der Waals surface area contributed by atoms with Crippen LogP contribution in [0.3, 0.4) is 0 Å². The molecule has 0 aliphatic heterocycles. The molecule has 0 radical (unpaired) electrons. The zero-order chi connectivity index (χ0) is 14.2. The summed E-state index contributed by atoms with van der Waals surface area (Å²) in [5.41, 5.74) is -0.545. The van der Waals surface area contributed by atoms with E-state index in [4.69, 9.17) is 42.9 Å². The summed E-state index contributed by atoms with van der Waals surface area (Å²) in [6.45, 7) is 7.57. The van der Waals surface area contributed by atoms with Crippen molar-refractivity contribution >= 4 is 28.6 Å². The highest BCUT2D eigenvalue weighted by molar-refractivity contribution is 8.05. The van der Waals surface area contributed by atoms with E-state index in [1.54, 1.807) is 6.08 Å². The van der Waals surface area contributed by atoms with Crippen LogP contribution in [-0.2, 0) is 18.6 Å². The predicted molar refractivity (Wildman–Crippen MR) is 74.1 cm³/mol. The molecular weight excluding hydrogens is 298 g/mol. The molecule has 0 N–H and O–H groups in total. The number of hydrogen-bond acceptors (Lipinski definition) is 4. The van der Waals surface area contributed by atoms with Crippen LogP contribution in [0.25, 0.3) is 0 Å². The van der Waals surface area contributed by atoms with E-state index in [-0.39, 0.29) is 19.8 Å². The molecule has 0 rings (SSSR count). The fourth-order valence-corrected chi connectivity index (χ4v) is 2.04. The largest absolute Gasteiger partial charge is 0.380 e. The smallest absolute Gasteiger partial charge is 0.369 e. The summed E-state index contributed by atoms with van der Waals surface area (Å²) in [6.07, 6.45) is 2.35. The van der Waals surface area contributed by atoms with Crippen LogP contribution in [-0.4, -0.2) is 31.5 Å². The molecule has 0 aromatic rings. The lowest BCUT2D eigenvalue weighted by molar-refractivity contribution is -0.0451. The molecule has 0 aliphatic rings. The lowest BCUT2D eigenvalue weighted by atomic mass is 10.1. The monoisotopic (exact) mass is 314 g/mol. The third-order valence-electron chi connectivity index (χ3n) is 1.89. The Kier molecular flexibility index (Phi) is 8.21. The molecule has 0 saturated carbocycles. The van der Waals surface area contributed by atoms with Gasteiger partial charge in [-0.1, -0.05) is 12.0 Å². The summed E-state index contributed by atoms with van der Waals surface area (Å²) in [6, 6.07) is 0. The molecule has 0 aliphatic carbocycles. The highest BCUT2D eigenvalue weighted by Gasteiger charge is 2.25. The van der Waals surface area contributed by atoms with Gasteiger partial charge < -0.3 is 9.47 Å².